The number of halogens is 1. The maximum atomic E-state index is 9.63. The highest BCUT2D eigenvalue weighted by Gasteiger charge is 2.16. The predicted molar refractivity (Wildman–Crippen MR) is 26.1 cm³/mol. The fraction of sp³-hybridized carbons (Fsp3) is 0. The summed E-state index contributed by atoms with van der Waals surface area (Å²) in [6.45, 7) is 0. The zero-order valence-electron chi connectivity index (χ0n) is 2.94. The molecule has 0 fully saturated rings. The molecule has 0 aromatic carbocycles. The Balaban J connectivity index is 4.10. The van der Waals surface area contributed by atoms with Crippen LogP contribution in [-0.4, -0.2) is 18.2 Å². The van der Waals surface area contributed by atoms with E-state index in [0.29, 0.717) is 0 Å². The Kier molecular flexibility index (Phi) is 2.43. The normalized spacial score (nSPS) is 12.6. The first kappa shape index (κ1) is 7.59. The largest absolute Gasteiger partial charge is 0.338 e. The van der Waals surface area contributed by atoms with Crippen molar-refractivity contribution in [2.45, 2.75) is 0 Å². The summed E-state index contributed by atoms with van der Waals surface area (Å²) in [5.41, 5.74) is 0. The van der Waals surface area contributed by atoms with Crippen LogP contribution in [0.5, 0.6) is 0 Å². The monoisotopic (exact) mass is 164 g/mol. The molecule has 0 saturated heterocycles. The van der Waals surface area contributed by atoms with Crippen molar-refractivity contribution >= 4 is 26.9 Å². The van der Waals surface area contributed by atoms with E-state index in [1.54, 1.807) is 0 Å². The highest BCUT2D eigenvalue weighted by Crippen LogP contribution is 2.35. The maximum absolute atomic E-state index is 9.63. The molecule has 4 nitrogen and oxygen atoms in total. The zero-order valence-corrected chi connectivity index (χ0v) is 5.41. The zero-order chi connectivity index (χ0) is 6.08. The third kappa shape index (κ3) is 3.20. The molecule has 2 N–H and O–H groups in total. The number of rotatable bonds is 1. The van der Waals surface area contributed by atoms with Crippen LogP contribution in [0.3, 0.4) is 0 Å². The number of hydrogen-bond donors (Lipinski definition) is 2. The molecule has 0 radical (unpaired) electrons. The second-order valence-corrected chi connectivity index (χ2v) is 6.28. The van der Waals surface area contributed by atoms with E-state index in [9.17, 15) is 8.42 Å². The molecule has 0 rings (SSSR count). The smallest absolute Gasteiger partial charge is 0.313 e. The summed E-state index contributed by atoms with van der Waals surface area (Å²) in [5, 5.41) is 0. The van der Waals surface area contributed by atoms with Crippen molar-refractivity contribution in [3.05, 3.63) is 0 Å². The van der Waals surface area contributed by atoms with Crippen LogP contribution in [0.25, 0.3) is 0 Å². The van der Waals surface area contributed by atoms with Crippen molar-refractivity contribution in [3.8, 4) is 0 Å². The number of hydrogen-bond acceptors (Lipinski definition) is 4. The molecule has 7 heteroatoms. The molecule has 0 spiro atoms. The molecule has 0 unspecified atom stereocenters. The molecule has 0 saturated carbocycles. The summed E-state index contributed by atoms with van der Waals surface area (Å²) in [4.78, 5) is 15.6. The first-order valence-electron chi connectivity index (χ1n) is 1.07. The lowest BCUT2D eigenvalue weighted by Gasteiger charge is -1.89. The van der Waals surface area contributed by atoms with Gasteiger partial charge in [0.05, 0.1) is 0 Å². The van der Waals surface area contributed by atoms with Crippen LogP contribution >= 0.6 is 18.3 Å². The highest BCUT2D eigenvalue weighted by atomic mass is 35.7. The van der Waals surface area contributed by atoms with Gasteiger partial charge in [-0.15, -0.1) is 0 Å². The van der Waals surface area contributed by atoms with Crippen molar-refractivity contribution in [2.75, 3.05) is 0 Å². The summed E-state index contributed by atoms with van der Waals surface area (Å²) in [6, 6.07) is 0. The van der Waals surface area contributed by atoms with E-state index in [1.165, 1.54) is 0 Å². The standard InChI is InChI=1S/ClH2O4PS/c1-7(4,5)6(2)3/h2-3H. The Bertz CT molecular complexity index is 134. The first-order valence-corrected chi connectivity index (χ1v) is 5.23. The van der Waals surface area contributed by atoms with Gasteiger partial charge in [0.25, 0.3) is 0 Å². The molecule has 7 heavy (non-hydrogen) atoms. The second kappa shape index (κ2) is 2.24. The molecule has 0 amide bonds. The van der Waals surface area contributed by atoms with E-state index >= 15 is 0 Å². The third-order valence-electron chi connectivity index (χ3n) is 0.195. The van der Waals surface area contributed by atoms with Crippen LogP contribution in [0.4, 0.5) is 0 Å². The van der Waals surface area contributed by atoms with Gasteiger partial charge < -0.3 is 9.79 Å². The summed E-state index contributed by atoms with van der Waals surface area (Å²) in [5.74, 6) is 0. The Labute approximate surface area is 45.8 Å². The molecular weight excluding hydrogens is 162 g/mol. The van der Waals surface area contributed by atoms with Crippen molar-refractivity contribution in [2.24, 2.45) is 0 Å². The SMILES string of the molecule is O=S(=O)(Cl)P(O)O. The van der Waals surface area contributed by atoms with Crippen LogP contribution in [0.1, 0.15) is 0 Å². The minimum Gasteiger partial charge on any atom is -0.338 e. The molecule has 0 aromatic heterocycles. The van der Waals surface area contributed by atoms with Crippen molar-refractivity contribution in [1.82, 2.24) is 0 Å². The fourth-order valence-corrected chi connectivity index (χ4v) is 0. The Morgan fingerprint density at radius 2 is 1.57 bits per heavy atom. The summed E-state index contributed by atoms with van der Waals surface area (Å²) in [7, 11) is -2.73. The lowest BCUT2D eigenvalue weighted by atomic mass is 15.9. The highest BCUT2D eigenvalue weighted by molar-refractivity contribution is 8.58. The van der Waals surface area contributed by atoms with Crippen molar-refractivity contribution < 1.29 is 18.2 Å². The summed E-state index contributed by atoms with van der Waals surface area (Å²) in [6.07, 6.45) is 0. The predicted octanol–water partition coefficient (Wildman–Crippen LogP) is -0.233. The molecule has 0 aromatic rings. The van der Waals surface area contributed by atoms with Crippen LogP contribution < -0.4 is 0 Å². The first-order chi connectivity index (χ1) is 2.94. The molecule has 44 valence electrons. The summed E-state index contributed by atoms with van der Waals surface area (Å²) < 4.78 is 19.3. The maximum Gasteiger partial charge on any atom is 0.313 e. The Morgan fingerprint density at radius 1 is 1.43 bits per heavy atom. The minimum absolute atomic E-state index is 3.00. The van der Waals surface area contributed by atoms with E-state index in [2.05, 4.69) is 10.7 Å². The topological polar surface area (TPSA) is 74.6 Å². The van der Waals surface area contributed by atoms with Gasteiger partial charge in [-0.1, -0.05) is 0 Å². The van der Waals surface area contributed by atoms with E-state index in [-0.39, 0.29) is 0 Å². The lowest BCUT2D eigenvalue weighted by molar-refractivity contribution is 0.496. The van der Waals surface area contributed by atoms with Gasteiger partial charge in [0.15, 0.2) is 0 Å². The van der Waals surface area contributed by atoms with E-state index < -0.39 is 16.2 Å². The van der Waals surface area contributed by atoms with Crippen LogP contribution in [-0.2, 0) is 8.67 Å². The van der Waals surface area contributed by atoms with Gasteiger partial charge in [0, 0.05) is 10.7 Å². The Hall–Kier alpha value is 0.590. The van der Waals surface area contributed by atoms with Crippen LogP contribution in [0, 0.1) is 0 Å². The van der Waals surface area contributed by atoms with Crippen LogP contribution in [0.15, 0.2) is 0 Å². The van der Waals surface area contributed by atoms with Gasteiger partial charge in [-0.2, -0.15) is 0 Å². The van der Waals surface area contributed by atoms with Gasteiger partial charge in [0.1, 0.15) is 0 Å². The molecule has 0 aliphatic rings. The molecule has 0 heterocycles. The average molecular weight is 165 g/mol. The molecule has 0 aliphatic carbocycles. The van der Waals surface area contributed by atoms with Gasteiger partial charge >= 0.3 is 16.2 Å². The molecular formula is H2ClO4PS. The minimum atomic E-state index is -4.09. The third-order valence-corrected chi connectivity index (χ3v) is 2.87. The van der Waals surface area contributed by atoms with Crippen molar-refractivity contribution in [1.29, 1.82) is 0 Å². The molecule has 0 bridgehead atoms. The fourth-order valence-electron chi connectivity index (χ4n) is 0. The lowest BCUT2D eigenvalue weighted by Crippen LogP contribution is -1.81. The average Bonchev–Trinajstić information content (AvgIpc) is 1.31. The van der Waals surface area contributed by atoms with E-state index in [4.69, 9.17) is 9.79 Å². The van der Waals surface area contributed by atoms with Gasteiger partial charge in [-0.25, -0.2) is 8.42 Å². The Morgan fingerprint density at radius 3 is 1.57 bits per heavy atom. The van der Waals surface area contributed by atoms with Crippen LogP contribution in [0.2, 0.25) is 0 Å². The molecule has 0 aliphatic heterocycles. The summed E-state index contributed by atoms with van der Waals surface area (Å²) >= 11 is 0. The molecule has 0 atom stereocenters. The van der Waals surface area contributed by atoms with E-state index in [0.717, 1.165) is 0 Å². The van der Waals surface area contributed by atoms with Gasteiger partial charge in [0.2, 0.25) is 0 Å². The van der Waals surface area contributed by atoms with Gasteiger partial charge in [-0.05, 0) is 0 Å². The van der Waals surface area contributed by atoms with Crippen molar-refractivity contribution in [3.63, 3.8) is 0 Å². The van der Waals surface area contributed by atoms with Gasteiger partial charge in [-0.3, -0.25) is 0 Å². The van der Waals surface area contributed by atoms with E-state index in [1.807, 2.05) is 0 Å². The second-order valence-electron chi connectivity index (χ2n) is 0.665. The quantitative estimate of drug-likeness (QED) is 0.415.